The first-order valence-electron chi connectivity index (χ1n) is 6.27. The Labute approximate surface area is 104 Å². The SMILES string of the molecule is CCCC(O)CCc1ncc(C)c(OC)c1C. The largest absolute Gasteiger partial charge is 0.496 e. The number of ether oxygens (including phenoxy) is 1. The monoisotopic (exact) mass is 237 g/mol. The molecule has 0 aliphatic heterocycles. The van der Waals surface area contributed by atoms with Crippen molar-refractivity contribution in [2.24, 2.45) is 0 Å². The van der Waals surface area contributed by atoms with Gasteiger partial charge in [-0.25, -0.2) is 0 Å². The molecule has 3 heteroatoms. The summed E-state index contributed by atoms with van der Waals surface area (Å²) in [6.45, 7) is 6.11. The molecule has 0 saturated carbocycles. The van der Waals surface area contributed by atoms with E-state index in [1.54, 1.807) is 7.11 Å². The number of hydrogen-bond donors (Lipinski definition) is 1. The van der Waals surface area contributed by atoms with E-state index in [0.717, 1.165) is 48.3 Å². The fourth-order valence-corrected chi connectivity index (χ4v) is 2.10. The van der Waals surface area contributed by atoms with E-state index in [4.69, 9.17) is 4.74 Å². The van der Waals surface area contributed by atoms with Crippen LogP contribution < -0.4 is 4.74 Å². The van der Waals surface area contributed by atoms with Crippen molar-refractivity contribution in [1.82, 2.24) is 4.98 Å². The molecule has 0 aliphatic rings. The Balaban J connectivity index is 2.72. The fourth-order valence-electron chi connectivity index (χ4n) is 2.10. The highest BCUT2D eigenvalue weighted by molar-refractivity contribution is 5.41. The maximum atomic E-state index is 9.72. The lowest BCUT2D eigenvalue weighted by atomic mass is 10.0. The van der Waals surface area contributed by atoms with Crippen molar-refractivity contribution in [3.05, 3.63) is 23.0 Å². The third-order valence-electron chi connectivity index (χ3n) is 3.09. The molecule has 1 unspecified atom stereocenters. The topological polar surface area (TPSA) is 42.4 Å². The number of nitrogens with zero attached hydrogens (tertiary/aromatic N) is 1. The number of pyridine rings is 1. The molecule has 0 saturated heterocycles. The van der Waals surface area contributed by atoms with Gasteiger partial charge < -0.3 is 9.84 Å². The highest BCUT2D eigenvalue weighted by Crippen LogP contribution is 2.24. The predicted molar refractivity (Wildman–Crippen MR) is 69.5 cm³/mol. The average molecular weight is 237 g/mol. The Hall–Kier alpha value is -1.09. The highest BCUT2D eigenvalue weighted by atomic mass is 16.5. The van der Waals surface area contributed by atoms with Crippen LogP contribution >= 0.6 is 0 Å². The molecule has 0 bridgehead atoms. The molecule has 0 aromatic carbocycles. The molecule has 1 aromatic heterocycles. The zero-order chi connectivity index (χ0) is 12.8. The first kappa shape index (κ1) is 14.0. The normalized spacial score (nSPS) is 12.5. The Kier molecular flexibility index (Phi) is 5.42. The number of aliphatic hydroxyl groups is 1. The van der Waals surface area contributed by atoms with Gasteiger partial charge in [0.05, 0.1) is 13.2 Å². The van der Waals surface area contributed by atoms with Gasteiger partial charge in [0.1, 0.15) is 5.75 Å². The van der Waals surface area contributed by atoms with Crippen molar-refractivity contribution < 1.29 is 9.84 Å². The van der Waals surface area contributed by atoms with E-state index in [-0.39, 0.29) is 6.10 Å². The van der Waals surface area contributed by atoms with Gasteiger partial charge in [0.25, 0.3) is 0 Å². The second-order valence-corrected chi connectivity index (χ2v) is 4.53. The number of rotatable bonds is 6. The van der Waals surface area contributed by atoms with Crippen LogP contribution in [0.4, 0.5) is 0 Å². The Morgan fingerprint density at radius 3 is 2.65 bits per heavy atom. The number of aromatic nitrogens is 1. The number of hydrogen-bond acceptors (Lipinski definition) is 3. The van der Waals surface area contributed by atoms with Crippen LogP contribution in [-0.2, 0) is 6.42 Å². The zero-order valence-electron chi connectivity index (χ0n) is 11.3. The van der Waals surface area contributed by atoms with Crippen LogP contribution in [0.15, 0.2) is 6.20 Å². The van der Waals surface area contributed by atoms with Crippen LogP contribution in [0.2, 0.25) is 0 Å². The molecule has 1 atom stereocenters. The van der Waals surface area contributed by atoms with E-state index < -0.39 is 0 Å². The highest BCUT2D eigenvalue weighted by Gasteiger charge is 2.11. The zero-order valence-corrected chi connectivity index (χ0v) is 11.3. The van der Waals surface area contributed by atoms with Crippen LogP contribution in [0.5, 0.6) is 5.75 Å². The van der Waals surface area contributed by atoms with Crippen LogP contribution in [0.25, 0.3) is 0 Å². The van der Waals surface area contributed by atoms with Gasteiger partial charge in [0.2, 0.25) is 0 Å². The van der Waals surface area contributed by atoms with Crippen molar-refractivity contribution in [3.8, 4) is 5.75 Å². The van der Waals surface area contributed by atoms with Gasteiger partial charge >= 0.3 is 0 Å². The molecular formula is C14H23NO2. The van der Waals surface area contributed by atoms with Gasteiger partial charge in [-0.3, -0.25) is 4.98 Å². The van der Waals surface area contributed by atoms with Gasteiger partial charge in [-0.2, -0.15) is 0 Å². The summed E-state index contributed by atoms with van der Waals surface area (Å²) in [5, 5.41) is 9.72. The fraction of sp³-hybridized carbons (Fsp3) is 0.643. The third-order valence-corrected chi connectivity index (χ3v) is 3.09. The third kappa shape index (κ3) is 3.70. The standard InChI is InChI=1S/C14H23NO2/c1-5-6-12(16)7-8-13-11(3)14(17-4)10(2)9-15-13/h9,12,16H,5-8H2,1-4H3. The second-order valence-electron chi connectivity index (χ2n) is 4.53. The molecule has 1 heterocycles. The molecule has 0 fully saturated rings. The minimum absolute atomic E-state index is 0.214. The van der Waals surface area contributed by atoms with Gasteiger partial charge in [0.15, 0.2) is 0 Å². The van der Waals surface area contributed by atoms with Gasteiger partial charge in [-0.05, 0) is 33.1 Å². The summed E-state index contributed by atoms with van der Waals surface area (Å²) in [7, 11) is 1.69. The maximum absolute atomic E-state index is 9.72. The lowest BCUT2D eigenvalue weighted by Gasteiger charge is -2.13. The van der Waals surface area contributed by atoms with Crippen LogP contribution in [0.3, 0.4) is 0 Å². The molecule has 0 radical (unpaired) electrons. The minimum Gasteiger partial charge on any atom is -0.496 e. The molecule has 17 heavy (non-hydrogen) atoms. The quantitative estimate of drug-likeness (QED) is 0.827. The summed E-state index contributed by atoms with van der Waals surface area (Å²) in [5.74, 6) is 0.917. The summed E-state index contributed by atoms with van der Waals surface area (Å²) in [6, 6.07) is 0. The van der Waals surface area contributed by atoms with E-state index in [1.165, 1.54) is 0 Å². The molecule has 1 N–H and O–H groups in total. The van der Waals surface area contributed by atoms with Crippen molar-refractivity contribution in [3.63, 3.8) is 0 Å². The van der Waals surface area contributed by atoms with E-state index in [9.17, 15) is 5.11 Å². The summed E-state index contributed by atoms with van der Waals surface area (Å²) >= 11 is 0. The second kappa shape index (κ2) is 6.60. The van der Waals surface area contributed by atoms with Gasteiger partial charge in [-0.1, -0.05) is 13.3 Å². The number of aryl methyl sites for hydroxylation is 2. The molecule has 3 nitrogen and oxygen atoms in total. The Morgan fingerprint density at radius 2 is 2.06 bits per heavy atom. The van der Waals surface area contributed by atoms with Crippen molar-refractivity contribution in [2.45, 2.75) is 52.6 Å². The van der Waals surface area contributed by atoms with E-state index >= 15 is 0 Å². The summed E-state index contributed by atoms with van der Waals surface area (Å²) in [6.07, 6.45) is 5.09. The van der Waals surface area contributed by atoms with Crippen LogP contribution in [-0.4, -0.2) is 23.3 Å². The van der Waals surface area contributed by atoms with Crippen molar-refractivity contribution in [1.29, 1.82) is 0 Å². The first-order chi connectivity index (χ1) is 8.10. The number of aliphatic hydroxyl groups excluding tert-OH is 1. The Morgan fingerprint density at radius 1 is 1.35 bits per heavy atom. The molecule has 0 amide bonds. The lowest BCUT2D eigenvalue weighted by molar-refractivity contribution is 0.153. The van der Waals surface area contributed by atoms with E-state index in [1.807, 2.05) is 20.0 Å². The summed E-state index contributed by atoms with van der Waals surface area (Å²) in [4.78, 5) is 4.43. The smallest absolute Gasteiger partial charge is 0.128 e. The Bertz CT molecular complexity index is 363. The van der Waals surface area contributed by atoms with Crippen molar-refractivity contribution in [2.75, 3.05) is 7.11 Å². The molecule has 1 aromatic rings. The molecule has 1 rings (SSSR count). The summed E-state index contributed by atoms with van der Waals surface area (Å²) < 4.78 is 5.37. The average Bonchev–Trinajstić information content (AvgIpc) is 2.29. The van der Waals surface area contributed by atoms with Crippen LogP contribution in [0, 0.1) is 13.8 Å². The van der Waals surface area contributed by atoms with E-state index in [2.05, 4.69) is 11.9 Å². The van der Waals surface area contributed by atoms with Gasteiger partial charge in [0, 0.05) is 23.0 Å². The lowest BCUT2D eigenvalue weighted by Crippen LogP contribution is -2.09. The minimum atomic E-state index is -0.214. The van der Waals surface area contributed by atoms with E-state index in [0.29, 0.717) is 0 Å². The predicted octanol–water partition coefficient (Wildman–Crippen LogP) is 2.80. The molecule has 0 aliphatic carbocycles. The molecule has 0 spiro atoms. The maximum Gasteiger partial charge on any atom is 0.128 e. The number of methoxy groups -OCH3 is 1. The molecule has 96 valence electrons. The van der Waals surface area contributed by atoms with Crippen LogP contribution in [0.1, 0.15) is 43.0 Å². The summed E-state index contributed by atoms with van der Waals surface area (Å²) in [5.41, 5.74) is 3.18. The molecular weight excluding hydrogens is 214 g/mol. The first-order valence-corrected chi connectivity index (χ1v) is 6.27. The van der Waals surface area contributed by atoms with Crippen molar-refractivity contribution >= 4 is 0 Å². The van der Waals surface area contributed by atoms with Gasteiger partial charge in [-0.15, -0.1) is 0 Å².